The Kier molecular flexibility index (Phi) is 3.54. The van der Waals surface area contributed by atoms with Crippen molar-refractivity contribution in [2.24, 2.45) is 5.73 Å². The summed E-state index contributed by atoms with van der Waals surface area (Å²) in [5.41, 5.74) is 6.70. The smallest absolute Gasteiger partial charge is 0.181 e. The summed E-state index contributed by atoms with van der Waals surface area (Å²) in [6, 6.07) is 7.22. The van der Waals surface area contributed by atoms with Gasteiger partial charge in [0.05, 0.1) is 10.1 Å². The highest BCUT2D eigenvalue weighted by Gasteiger charge is 2.32. The molecule has 0 spiro atoms. The molecule has 2 atom stereocenters. The van der Waals surface area contributed by atoms with Crippen LogP contribution < -0.4 is 5.73 Å². The van der Waals surface area contributed by atoms with Gasteiger partial charge in [-0.1, -0.05) is 24.6 Å². The Hall–Kier alpha value is -0.870. The fourth-order valence-corrected chi connectivity index (χ4v) is 4.64. The topological polar surface area (TPSA) is 60.2 Å². The SMILES string of the molecule is Cc1ccccc1S(=O)(=O)C1CCCC(N)C1. The van der Waals surface area contributed by atoms with E-state index in [1.165, 1.54) is 0 Å². The van der Waals surface area contributed by atoms with Crippen LogP contribution in [0.4, 0.5) is 0 Å². The number of hydrogen-bond acceptors (Lipinski definition) is 3. The van der Waals surface area contributed by atoms with Crippen LogP contribution in [0.2, 0.25) is 0 Å². The lowest BCUT2D eigenvalue weighted by molar-refractivity contribution is 0.433. The van der Waals surface area contributed by atoms with Gasteiger partial charge in [-0.05, 0) is 37.8 Å². The molecule has 1 saturated carbocycles. The molecule has 2 rings (SSSR count). The second-order valence-corrected chi connectivity index (χ2v) is 7.06. The molecule has 1 aliphatic rings. The monoisotopic (exact) mass is 253 g/mol. The molecule has 0 heterocycles. The third-order valence-corrected chi connectivity index (χ3v) is 5.88. The van der Waals surface area contributed by atoms with Crippen LogP contribution >= 0.6 is 0 Å². The zero-order valence-electron chi connectivity index (χ0n) is 10.1. The maximum Gasteiger partial charge on any atom is 0.181 e. The number of benzene rings is 1. The first kappa shape index (κ1) is 12.6. The molecule has 1 aliphatic carbocycles. The lowest BCUT2D eigenvalue weighted by atomic mass is 9.96. The van der Waals surface area contributed by atoms with Crippen LogP contribution in [-0.2, 0) is 9.84 Å². The zero-order valence-corrected chi connectivity index (χ0v) is 10.9. The van der Waals surface area contributed by atoms with E-state index in [1.807, 2.05) is 19.1 Å². The van der Waals surface area contributed by atoms with Gasteiger partial charge in [0.25, 0.3) is 0 Å². The Morgan fingerprint density at radius 2 is 1.94 bits per heavy atom. The fraction of sp³-hybridized carbons (Fsp3) is 0.538. The summed E-state index contributed by atoms with van der Waals surface area (Å²) in [7, 11) is -3.21. The molecule has 0 aromatic heterocycles. The van der Waals surface area contributed by atoms with Crippen molar-refractivity contribution in [3.05, 3.63) is 29.8 Å². The number of hydrogen-bond donors (Lipinski definition) is 1. The Balaban J connectivity index is 2.33. The minimum absolute atomic E-state index is 0.0348. The minimum Gasteiger partial charge on any atom is -0.328 e. The Morgan fingerprint density at radius 3 is 2.59 bits per heavy atom. The standard InChI is InChI=1S/C13H19NO2S/c1-10-5-2-3-8-13(10)17(15,16)12-7-4-6-11(14)9-12/h2-3,5,8,11-12H,4,6-7,9,14H2,1H3. The van der Waals surface area contributed by atoms with Crippen LogP contribution in [-0.4, -0.2) is 19.7 Å². The molecule has 1 fully saturated rings. The first-order valence-corrected chi connectivity index (χ1v) is 7.61. The van der Waals surface area contributed by atoms with E-state index in [-0.39, 0.29) is 11.3 Å². The summed E-state index contributed by atoms with van der Waals surface area (Å²) < 4.78 is 25.0. The first-order valence-electron chi connectivity index (χ1n) is 6.07. The summed E-state index contributed by atoms with van der Waals surface area (Å²) in [6.07, 6.45) is 3.19. The lowest BCUT2D eigenvalue weighted by Crippen LogP contribution is -2.35. The maximum absolute atomic E-state index is 12.5. The number of rotatable bonds is 2. The van der Waals surface area contributed by atoms with Gasteiger partial charge in [-0.3, -0.25) is 0 Å². The molecule has 17 heavy (non-hydrogen) atoms. The molecule has 1 aromatic rings. The predicted molar refractivity (Wildman–Crippen MR) is 68.6 cm³/mol. The highest BCUT2D eigenvalue weighted by molar-refractivity contribution is 7.92. The molecule has 2 N–H and O–H groups in total. The van der Waals surface area contributed by atoms with Crippen molar-refractivity contribution in [1.82, 2.24) is 0 Å². The van der Waals surface area contributed by atoms with E-state index in [0.29, 0.717) is 11.3 Å². The second kappa shape index (κ2) is 4.78. The molecule has 0 saturated heterocycles. The summed E-state index contributed by atoms with van der Waals surface area (Å²) in [4.78, 5) is 0.471. The van der Waals surface area contributed by atoms with E-state index in [2.05, 4.69) is 0 Å². The molecule has 0 amide bonds. The van der Waals surface area contributed by atoms with Crippen LogP contribution in [0.3, 0.4) is 0 Å². The van der Waals surface area contributed by atoms with Gasteiger partial charge in [0.1, 0.15) is 0 Å². The predicted octanol–water partition coefficient (Wildman–Crippen LogP) is 2.04. The summed E-state index contributed by atoms with van der Waals surface area (Å²) in [5.74, 6) is 0. The molecule has 0 radical (unpaired) electrons. The van der Waals surface area contributed by atoms with Crippen LogP contribution in [0.5, 0.6) is 0 Å². The molecule has 0 aliphatic heterocycles. The van der Waals surface area contributed by atoms with E-state index in [9.17, 15) is 8.42 Å². The maximum atomic E-state index is 12.5. The van der Waals surface area contributed by atoms with Crippen molar-refractivity contribution in [1.29, 1.82) is 0 Å². The molecule has 1 aromatic carbocycles. The zero-order chi connectivity index (χ0) is 12.5. The summed E-state index contributed by atoms with van der Waals surface area (Å²) >= 11 is 0. The normalized spacial score (nSPS) is 25.8. The molecule has 94 valence electrons. The van der Waals surface area contributed by atoms with Gasteiger partial charge >= 0.3 is 0 Å². The van der Waals surface area contributed by atoms with E-state index >= 15 is 0 Å². The third-order valence-electron chi connectivity index (χ3n) is 3.51. The third kappa shape index (κ3) is 2.53. The molecule has 2 unspecified atom stereocenters. The van der Waals surface area contributed by atoms with Crippen molar-refractivity contribution >= 4 is 9.84 Å². The first-order chi connectivity index (χ1) is 8.01. The lowest BCUT2D eigenvalue weighted by Gasteiger charge is -2.26. The molecule has 0 bridgehead atoms. The van der Waals surface area contributed by atoms with Crippen molar-refractivity contribution in [2.45, 2.75) is 48.8 Å². The fourth-order valence-electron chi connectivity index (χ4n) is 2.52. The number of sulfone groups is 1. The van der Waals surface area contributed by atoms with E-state index in [1.54, 1.807) is 12.1 Å². The Labute approximate surface area is 103 Å². The van der Waals surface area contributed by atoms with Crippen LogP contribution in [0.25, 0.3) is 0 Å². The van der Waals surface area contributed by atoms with E-state index in [4.69, 9.17) is 5.73 Å². The van der Waals surface area contributed by atoms with Crippen molar-refractivity contribution in [2.75, 3.05) is 0 Å². The van der Waals surface area contributed by atoms with Gasteiger partial charge in [0, 0.05) is 6.04 Å². The summed E-state index contributed by atoms with van der Waals surface area (Å²) in [6.45, 7) is 1.84. The van der Waals surface area contributed by atoms with Crippen molar-refractivity contribution in [3.63, 3.8) is 0 Å². The van der Waals surface area contributed by atoms with Crippen LogP contribution in [0, 0.1) is 6.92 Å². The van der Waals surface area contributed by atoms with Crippen molar-refractivity contribution < 1.29 is 8.42 Å². The quantitative estimate of drug-likeness (QED) is 0.877. The van der Waals surface area contributed by atoms with Crippen molar-refractivity contribution in [3.8, 4) is 0 Å². The molecular weight excluding hydrogens is 234 g/mol. The van der Waals surface area contributed by atoms with Gasteiger partial charge in [-0.25, -0.2) is 8.42 Å². The largest absolute Gasteiger partial charge is 0.328 e. The Bertz CT molecular complexity index is 496. The van der Waals surface area contributed by atoms with Crippen LogP contribution in [0.15, 0.2) is 29.2 Å². The van der Waals surface area contributed by atoms with Gasteiger partial charge in [-0.15, -0.1) is 0 Å². The summed E-state index contributed by atoms with van der Waals surface area (Å²) in [5, 5.41) is -0.299. The highest BCUT2D eigenvalue weighted by Crippen LogP contribution is 2.29. The average Bonchev–Trinajstić information content (AvgIpc) is 2.29. The van der Waals surface area contributed by atoms with Gasteiger partial charge in [-0.2, -0.15) is 0 Å². The van der Waals surface area contributed by atoms with Gasteiger partial charge in [0.2, 0.25) is 0 Å². The molecule has 4 heteroatoms. The average molecular weight is 253 g/mol. The molecule has 3 nitrogen and oxygen atoms in total. The second-order valence-electron chi connectivity index (χ2n) is 4.86. The van der Waals surface area contributed by atoms with Gasteiger partial charge < -0.3 is 5.73 Å². The number of aryl methyl sites for hydroxylation is 1. The van der Waals surface area contributed by atoms with E-state index < -0.39 is 9.84 Å². The Morgan fingerprint density at radius 1 is 1.24 bits per heavy atom. The van der Waals surface area contributed by atoms with E-state index in [0.717, 1.165) is 24.8 Å². The van der Waals surface area contributed by atoms with Gasteiger partial charge in [0.15, 0.2) is 9.84 Å². The highest BCUT2D eigenvalue weighted by atomic mass is 32.2. The number of nitrogens with two attached hydrogens (primary N) is 1. The van der Waals surface area contributed by atoms with Crippen LogP contribution in [0.1, 0.15) is 31.2 Å². The molecular formula is C13H19NO2S. The minimum atomic E-state index is -3.21.